The lowest BCUT2D eigenvalue weighted by Gasteiger charge is -2.21. The van der Waals surface area contributed by atoms with Gasteiger partial charge in [-0.15, -0.1) is 0 Å². The summed E-state index contributed by atoms with van der Waals surface area (Å²) in [4.78, 5) is 22.4. The van der Waals surface area contributed by atoms with E-state index in [2.05, 4.69) is 20.2 Å². The van der Waals surface area contributed by atoms with E-state index < -0.39 is 0 Å². The number of amides is 1. The number of imidazole rings is 1. The van der Waals surface area contributed by atoms with E-state index >= 15 is 0 Å². The van der Waals surface area contributed by atoms with Gasteiger partial charge in [-0.25, -0.2) is 4.98 Å². The number of H-pyrrole nitrogens is 1. The van der Waals surface area contributed by atoms with Crippen molar-refractivity contribution in [2.45, 2.75) is 32.7 Å². The maximum absolute atomic E-state index is 12.6. The molecule has 3 rings (SSSR count). The van der Waals surface area contributed by atoms with E-state index in [4.69, 9.17) is 0 Å². The molecule has 1 aliphatic rings. The van der Waals surface area contributed by atoms with Crippen LogP contribution in [-0.4, -0.2) is 29.0 Å². The molecule has 0 radical (unpaired) electrons. The third-order valence-corrected chi connectivity index (χ3v) is 4.08. The van der Waals surface area contributed by atoms with Crippen LogP contribution in [0.2, 0.25) is 0 Å². The van der Waals surface area contributed by atoms with Gasteiger partial charge in [0.05, 0.1) is 11.6 Å². The Morgan fingerprint density at radius 3 is 2.73 bits per heavy atom. The van der Waals surface area contributed by atoms with Crippen LogP contribution in [0.1, 0.15) is 47.7 Å². The first-order valence-corrected chi connectivity index (χ1v) is 7.81. The molecule has 1 amide bonds. The average Bonchev–Trinajstić information content (AvgIpc) is 3.18. The molecule has 0 saturated carbocycles. The van der Waals surface area contributed by atoms with Crippen LogP contribution in [0.4, 0.5) is 5.69 Å². The first-order chi connectivity index (χ1) is 10.6. The molecular formula is C17H22N4O. The van der Waals surface area contributed by atoms with Crippen molar-refractivity contribution in [3.05, 3.63) is 47.5 Å². The predicted octanol–water partition coefficient (Wildman–Crippen LogP) is 2.81. The van der Waals surface area contributed by atoms with Crippen LogP contribution < -0.4 is 10.2 Å². The average molecular weight is 298 g/mol. The number of hydrogen-bond acceptors (Lipinski definition) is 3. The molecule has 5 heteroatoms. The van der Waals surface area contributed by atoms with Crippen molar-refractivity contribution in [1.82, 2.24) is 15.3 Å². The van der Waals surface area contributed by atoms with Crippen molar-refractivity contribution in [3.63, 3.8) is 0 Å². The van der Waals surface area contributed by atoms with Gasteiger partial charge in [-0.1, -0.05) is 12.1 Å². The molecule has 2 N–H and O–H groups in total. The molecule has 0 bridgehead atoms. The number of nitrogens with one attached hydrogen (secondary N) is 2. The van der Waals surface area contributed by atoms with Gasteiger partial charge >= 0.3 is 0 Å². The summed E-state index contributed by atoms with van der Waals surface area (Å²) in [6.07, 6.45) is 4.16. The summed E-state index contributed by atoms with van der Waals surface area (Å²) >= 11 is 0. The lowest BCUT2D eigenvalue weighted by atomic mass is 10.1. The van der Waals surface area contributed by atoms with Gasteiger partial charge in [0.2, 0.25) is 0 Å². The second-order valence-electron chi connectivity index (χ2n) is 5.86. The second kappa shape index (κ2) is 6.22. The molecule has 2 heterocycles. The summed E-state index contributed by atoms with van der Waals surface area (Å²) in [5.74, 6) is 0.730. The summed E-state index contributed by atoms with van der Waals surface area (Å²) in [7, 11) is 0. The lowest BCUT2D eigenvalue weighted by molar-refractivity contribution is 0.0939. The molecule has 0 aliphatic carbocycles. The van der Waals surface area contributed by atoms with Crippen LogP contribution in [-0.2, 0) is 0 Å². The largest absolute Gasteiger partial charge is 0.371 e. The van der Waals surface area contributed by atoms with Gasteiger partial charge in [0, 0.05) is 30.7 Å². The number of aromatic nitrogens is 2. The van der Waals surface area contributed by atoms with Crippen molar-refractivity contribution in [2.75, 3.05) is 18.0 Å². The number of para-hydroxylation sites is 1. The third kappa shape index (κ3) is 2.98. The Bertz CT molecular complexity index is 658. The van der Waals surface area contributed by atoms with E-state index in [1.807, 2.05) is 38.1 Å². The van der Waals surface area contributed by atoms with Crippen LogP contribution in [0, 0.1) is 6.92 Å². The van der Waals surface area contributed by atoms with E-state index in [0.717, 1.165) is 35.9 Å². The standard InChI is InChI=1S/C17H22N4O/c1-12-11-18-16(19-12)13(2)20-17(22)14-7-3-4-8-15(14)21-9-5-6-10-21/h3-4,7-8,11,13H,5-6,9-10H2,1-2H3,(H,18,19)(H,20,22). The third-order valence-electron chi connectivity index (χ3n) is 4.08. The van der Waals surface area contributed by atoms with Gasteiger partial charge in [0.25, 0.3) is 5.91 Å². The van der Waals surface area contributed by atoms with Gasteiger partial charge in [-0.3, -0.25) is 4.79 Å². The predicted molar refractivity (Wildman–Crippen MR) is 87.1 cm³/mol. The number of aromatic amines is 1. The Balaban J connectivity index is 1.77. The number of aryl methyl sites for hydroxylation is 1. The number of rotatable bonds is 4. The monoisotopic (exact) mass is 298 g/mol. The molecule has 1 fully saturated rings. The minimum atomic E-state index is -0.146. The number of benzene rings is 1. The minimum Gasteiger partial charge on any atom is -0.371 e. The highest BCUT2D eigenvalue weighted by Gasteiger charge is 2.20. The topological polar surface area (TPSA) is 61.0 Å². The number of hydrogen-bond donors (Lipinski definition) is 2. The molecule has 1 aromatic heterocycles. The first kappa shape index (κ1) is 14.6. The summed E-state index contributed by atoms with van der Waals surface area (Å²) in [5.41, 5.74) is 2.76. The number of carbonyl (C=O) groups excluding carboxylic acids is 1. The zero-order chi connectivity index (χ0) is 15.5. The number of anilines is 1. The summed E-state index contributed by atoms with van der Waals surface area (Å²) < 4.78 is 0. The normalized spacial score (nSPS) is 15.8. The Morgan fingerprint density at radius 1 is 1.32 bits per heavy atom. The molecule has 1 aromatic carbocycles. The zero-order valence-electron chi connectivity index (χ0n) is 13.1. The van der Waals surface area contributed by atoms with Gasteiger partial charge in [-0.2, -0.15) is 0 Å². The van der Waals surface area contributed by atoms with Crippen LogP contribution in [0.3, 0.4) is 0 Å². The van der Waals surface area contributed by atoms with Gasteiger partial charge in [-0.05, 0) is 38.8 Å². The molecule has 2 aromatic rings. The first-order valence-electron chi connectivity index (χ1n) is 7.81. The van der Waals surface area contributed by atoms with Crippen molar-refractivity contribution >= 4 is 11.6 Å². The zero-order valence-corrected chi connectivity index (χ0v) is 13.1. The maximum atomic E-state index is 12.6. The summed E-state index contributed by atoms with van der Waals surface area (Å²) in [6.45, 7) is 5.94. The van der Waals surface area contributed by atoms with Gasteiger partial charge in [0.15, 0.2) is 0 Å². The van der Waals surface area contributed by atoms with Crippen LogP contribution in [0.25, 0.3) is 0 Å². The van der Waals surface area contributed by atoms with Crippen molar-refractivity contribution in [2.24, 2.45) is 0 Å². The highest BCUT2D eigenvalue weighted by atomic mass is 16.1. The molecule has 116 valence electrons. The van der Waals surface area contributed by atoms with Crippen LogP contribution in [0.15, 0.2) is 30.5 Å². The Hall–Kier alpha value is -2.30. The Kier molecular flexibility index (Phi) is 4.13. The molecule has 1 aliphatic heterocycles. The molecule has 1 saturated heterocycles. The quantitative estimate of drug-likeness (QED) is 0.912. The van der Waals surface area contributed by atoms with Crippen LogP contribution >= 0.6 is 0 Å². The maximum Gasteiger partial charge on any atom is 0.253 e. The second-order valence-corrected chi connectivity index (χ2v) is 5.86. The molecular weight excluding hydrogens is 276 g/mol. The molecule has 1 atom stereocenters. The van der Waals surface area contributed by atoms with E-state index in [1.165, 1.54) is 12.8 Å². The fourth-order valence-electron chi connectivity index (χ4n) is 2.90. The van der Waals surface area contributed by atoms with Crippen LogP contribution in [0.5, 0.6) is 0 Å². The Labute approximate surface area is 130 Å². The SMILES string of the molecule is Cc1cnc(C(C)NC(=O)c2ccccc2N2CCCC2)[nH]1. The van der Waals surface area contributed by atoms with E-state index in [9.17, 15) is 4.79 Å². The number of nitrogens with zero attached hydrogens (tertiary/aromatic N) is 2. The minimum absolute atomic E-state index is 0.0518. The van der Waals surface area contributed by atoms with Crippen molar-refractivity contribution < 1.29 is 4.79 Å². The number of carbonyl (C=O) groups is 1. The molecule has 22 heavy (non-hydrogen) atoms. The van der Waals surface area contributed by atoms with E-state index in [0.29, 0.717) is 0 Å². The fourth-order valence-corrected chi connectivity index (χ4v) is 2.90. The van der Waals surface area contributed by atoms with E-state index in [1.54, 1.807) is 6.20 Å². The summed E-state index contributed by atoms with van der Waals surface area (Å²) in [6, 6.07) is 7.68. The Morgan fingerprint density at radius 2 is 2.05 bits per heavy atom. The lowest BCUT2D eigenvalue weighted by Crippen LogP contribution is -2.30. The molecule has 5 nitrogen and oxygen atoms in total. The fraction of sp³-hybridized carbons (Fsp3) is 0.412. The highest BCUT2D eigenvalue weighted by molar-refractivity contribution is 6.00. The summed E-state index contributed by atoms with van der Waals surface area (Å²) in [5, 5.41) is 3.03. The smallest absolute Gasteiger partial charge is 0.253 e. The molecule has 1 unspecified atom stereocenters. The molecule has 0 spiro atoms. The van der Waals surface area contributed by atoms with E-state index in [-0.39, 0.29) is 11.9 Å². The van der Waals surface area contributed by atoms with Crippen molar-refractivity contribution in [1.29, 1.82) is 0 Å². The van der Waals surface area contributed by atoms with Gasteiger partial charge in [0.1, 0.15) is 5.82 Å². The van der Waals surface area contributed by atoms with Crippen molar-refractivity contribution in [3.8, 4) is 0 Å². The van der Waals surface area contributed by atoms with Gasteiger partial charge < -0.3 is 15.2 Å². The highest BCUT2D eigenvalue weighted by Crippen LogP contribution is 2.25.